The highest BCUT2D eigenvalue weighted by molar-refractivity contribution is 5.70. The van der Waals surface area contributed by atoms with E-state index in [-0.39, 0.29) is 5.56 Å². The number of nitrogens with zero attached hydrogens (tertiary/aromatic N) is 3. The molecule has 1 N–H and O–H groups in total. The molecule has 0 bridgehead atoms. The molecule has 0 atom stereocenters. The lowest BCUT2D eigenvalue weighted by atomic mass is 10.4. The molecule has 3 heterocycles. The lowest BCUT2D eigenvalue weighted by Gasteiger charge is -1.94. The first-order valence-electron chi connectivity index (χ1n) is 4.29. The summed E-state index contributed by atoms with van der Waals surface area (Å²) in [4.78, 5) is 22.2. The Morgan fingerprint density at radius 1 is 1.54 bits per heavy atom. The van der Waals surface area contributed by atoms with Gasteiger partial charge in [0.05, 0.1) is 6.33 Å². The fourth-order valence-electron chi connectivity index (χ4n) is 1.81. The van der Waals surface area contributed by atoms with Crippen LogP contribution in [0.15, 0.2) is 11.1 Å². The lowest BCUT2D eigenvalue weighted by molar-refractivity contribution is 0.763. The Bertz CT molecular complexity index is 524. The smallest absolute Gasteiger partial charge is 0.278 e. The Morgan fingerprint density at radius 2 is 2.46 bits per heavy atom. The Hall–Kier alpha value is -1.65. The molecule has 2 aromatic heterocycles. The van der Waals surface area contributed by atoms with E-state index in [0.717, 1.165) is 30.9 Å². The van der Waals surface area contributed by atoms with E-state index >= 15 is 0 Å². The maximum atomic E-state index is 11.3. The molecule has 66 valence electrons. The van der Waals surface area contributed by atoms with E-state index in [9.17, 15) is 4.79 Å². The first-order chi connectivity index (χ1) is 6.36. The molecule has 5 heteroatoms. The molecule has 0 amide bonds. The number of nitrogens with one attached hydrogen (secondary N) is 1. The standard InChI is InChI=1S/C8H8N4O/c13-8-6-7(9-4-10-8)12-3-1-2-5(12)11-6/h4H,1-3H2,(H,9,10,13). The summed E-state index contributed by atoms with van der Waals surface area (Å²) in [6.45, 7) is 0.933. The number of aromatic nitrogens is 4. The lowest BCUT2D eigenvalue weighted by Crippen LogP contribution is -2.07. The number of hydrogen-bond acceptors (Lipinski definition) is 3. The van der Waals surface area contributed by atoms with Crippen LogP contribution in [0.5, 0.6) is 0 Å². The van der Waals surface area contributed by atoms with Crippen LogP contribution in [0.3, 0.4) is 0 Å². The molecule has 0 fully saturated rings. The van der Waals surface area contributed by atoms with Crippen LogP contribution in [0, 0.1) is 0 Å². The minimum Gasteiger partial charge on any atom is -0.312 e. The molecule has 0 unspecified atom stereocenters. The quantitative estimate of drug-likeness (QED) is 0.617. The molecule has 5 nitrogen and oxygen atoms in total. The van der Waals surface area contributed by atoms with Crippen LogP contribution in [-0.4, -0.2) is 19.5 Å². The Labute approximate surface area is 73.4 Å². The number of aromatic amines is 1. The van der Waals surface area contributed by atoms with Gasteiger partial charge in [0.2, 0.25) is 0 Å². The van der Waals surface area contributed by atoms with Crippen molar-refractivity contribution in [1.29, 1.82) is 0 Å². The van der Waals surface area contributed by atoms with Crippen molar-refractivity contribution >= 4 is 11.2 Å². The van der Waals surface area contributed by atoms with Crippen molar-refractivity contribution in [3.05, 3.63) is 22.5 Å². The minimum absolute atomic E-state index is 0.146. The van der Waals surface area contributed by atoms with Crippen LogP contribution >= 0.6 is 0 Å². The molecule has 0 aromatic carbocycles. The molecule has 3 rings (SSSR count). The highest BCUT2D eigenvalue weighted by Gasteiger charge is 2.17. The zero-order valence-corrected chi connectivity index (χ0v) is 6.95. The summed E-state index contributed by atoms with van der Waals surface area (Å²) >= 11 is 0. The van der Waals surface area contributed by atoms with Crippen LogP contribution in [0.2, 0.25) is 0 Å². The third-order valence-electron chi connectivity index (χ3n) is 2.40. The van der Waals surface area contributed by atoms with Gasteiger partial charge in [-0.2, -0.15) is 0 Å². The van der Waals surface area contributed by atoms with Crippen LogP contribution in [0.25, 0.3) is 11.2 Å². The van der Waals surface area contributed by atoms with Gasteiger partial charge in [0, 0.05) is 13.0 Å². The Balaban J connectivity index is 2.51. The van der Waals surface area contributed by atoms with E-state index < -0.39 is 0 Å². The second-order valence-corrected chi connectivity index (χ2v) is 3.19. The zero-order valence-electron chi connectivity index (χ0n) is 6.95. The van der Waals surface area contributed by atoms with Gasteiger partial charge in [-0.05, 0) is 6.42 Å². The summed E-state index contributed by atoms with van der Waals surface area (Å²) in [6.07, 6.45) is 3.49. The van der Waals surface area contributed by atoms with Gasteiger partial charge in [0.15, 0.2) is 11.2 Å². The summed E-state index contributed by atoms with van der Waals surface area (Å²) in [7, 11) is 0. The molecule has 2 aromatic rings. The molecule has 0 radical (unpaired) electrons. The molecular formula is C8H8N4O. The monoisotopic (exact) mass is 176 g/mol. The summed E-state index contributed by atoms with van der Waals surface area (Å²) in [6, 6.07) is 0. The van der Waals surface area contributed by atoms with E-state index in [1.807, 2.05) is 4.57 Å². The van der Waals surface area contributed by atoms with Crippen LogP contribution in [-0.2, 0) is 13.0 Å². The Morgan fingerprint density at radius 3 is 3.38 bits per heavy atom. The van der Waals surface area contributed by atoms with E-state index in [2.05, 4.69) is 15.0 Å². The van der Waals surface area contributed by atoms with E-state index in [0.29, 0.717) is 5.52 Å². The average Bonchev–Trinajstić information content (AvgIpc) is 2.65. The number of fused-ring (bicyclic) bond motifs is 3. The van der Waals surface area contributed by atoms with Gasteiger partial charge in [0.25, 0.3) is 5.56 Å². The normalized spacial score (nSPS) is 15.1. The number of H-pyrrole nitrogens is 1. The van der Waals surface area contributed by atoms with Crippen molar-refractivity contribution in [2.75, 3.05) is 0 Å². The second-order valence-electron chi connectivity index (χ2n) is 3.19. The van der Waals surface area contributed by atoms with Crippen molar-refractivity contribution in [2.24, 2.45) is 0 Å². The molecule has 0 spiro atoms. The van der Waals surface area contributed by atoms with Gasteiger partial charge in [-0.1, -0.05) is 0 Å². The Kier molecular flexibility index (Phi) is 1.15. The summed E-state index contributed by atoms with van der Waals surface area (Å²) in [5, 5.41) is 0. The SMILES string of the molecule is O=c1[nH]cnc2c1nc1n2CCC1. The third-order valence-corrected chi connectivity index (χ3v) is 2.40. The number of hydrogen-bond donors (Lipinski definition) is 1. The van der Waals surface area contributed by atoms with Crippen molar-refractivity contribution in [1.82, 2.24) is 19.5 Å². The predicted octanol–water partition coefficient (Wildman–Crippen LogP) is 0.0658. The molecular weight excluding hydrogens is 168 g/mol. The first kappa shape index (κ1) is 6.82. The van der Waals surface area contributed by atoms with Crippen LogP contribution in [0.4, 0.5) is 0 Å². The highest BCUT2D eigenvalue weighted by Crippen LogP contribution is 2.17. The zero-order chi connectivity index (χ0) is 8.84. The third kappa shape index (κ3) is 0.783. The topological polar surface area (TPSA) is 63.6 Å². The molecule has 0 saturated carbocycles. The average molecular weight is 176 g/mol. The van der Waals surface area contributed by atoms with E-state index in [4.69, 9.17) is 0 Å². The van der Waals surface area contributed by atoms with Gasteiger partial charge in [-0.25, -0.2) is 9.97 Å². The second kappa shape index (κ2) is 2.18. The number of rotatable bonds is 0. The number of aryl methyl sites for hydroxylation is 2. The molecule has 1 aliphatic rings. The summed E-state index contributed by atoms with van der Waals surface area (Å²) < 4.78 is 2.02. The van der Waals surface area contributed by atoms with Crippen LogP contribution in [0.1, 0.15) is 12.2 Å². The largest absolute Gasteiger partial charge is 0.312 e. The molecule has 13 heavy (non-hydrogen) atoms. The molecule has 1 aliphatic heterocycles. The fraction of sp³-hybridized carbons (Fsp3) is 0.375. The van der Waals surface area contributed by atoms with Gasteiger partial charge in [0.1, 0.15) is 5.82 Å². The van der Waals surface area contributed by atoms with Crippen molar-refractivity contribution in [3.63, 3.8) is 0 Å². The van der Waals surface area contributed by atoms with Gasteiger partial charge >= 0.3 is 0 Å². The first-order valence-corrected chi connectivity index (χ1v) is 4.29. The predicted molar refractivity (Wildman–Crippen MR) is 46.5 cm³/mol. The minimum atomic E-state index is -0.146. The van der Waals surface area contributed by atoms with Gasteiger partial charge in [-0.3, -0.25) is 4.79 Å². The van der Waals surface area contributed by atoms with Gasteiger partial charge in [-0.15, -0.1) is 0 Å². The fourth-order valence-corrected chi connectivity index (χ4v) is 1.81. The summed E-state index contributed by atoms with van der Waals surface area (Å²) in [5.41, 5.74) is 1.04. The van der Waals surface area contributed by atoms with Crippen molar-refractivity contribution < 1.29 is 0 Å². The highest BCUT2D eigenvalue weighted by atomic mass is 16.1. The summed E-state index contributed by atoms with van der Waals surface area (Å²) in [5.74, 6) is 0.985. The van der Waals surface area contributed by atoms with Crippen LogP contribution < -0.4 is 5.56 Å². The van der Waals surface area contributed by atoms with E-state index in [1.54, 1.807) is 0 Å². The number of imidazole rings is 1. The molecule has 0 saturated heterocycles. The maximum Gasteiger partial charge on any atom is 0.278 e. The van der Waals surface area contributed by atoms with Crippen molar-refractivity contribution in [3.8, 4) is 0 Å². The van der Waals surface area contributed by atoms with Crippen molar-refractivity contribution in [2.45, 2.75) is 19.4 Å². The maximum absolute atomic E-state index is 11.3. The van der Waals surface area contributed by atoms with E-state index in [1.165, 1.54) is 6.33 Å². The molecule has 0 aliphatic carbocycles. The van der Waals surface area contributed by atoms with Gasteiger partial charge < -0.3 is 9.55 Å².